The standard InChI is InChI=1S/C20H31N3O3.2ClH/c1-25-17-6-4-16(5-7-17)18(23-10-2-3-11-23)14-22-19(24)20(15-21)8-12-26-13-9-20;;/h4-7,18H,2-3,8-15,21H2,1H3,(H,22,24);2*1H. The number of likely N-dealkylation sites (tertiary alicyclic amines) is 1. The van der Waals surface area contributed by atoms with E-state index in [-0.39, 0.29) is 36.8 Å². The van der Waals surface area contributed by atoms with E-state index in [0.29, 0.717) is 39.1 Å². The van der Waals surface area contributed by atoms with E-state index in [9.17, 15) is 4.79 Å². The number of nitrogens with one attached hydrogen (secondary N) is 1. The fourth-order valence-electron chi connectivity index (χ4n) is 4.00. The van der Waals surface area contributed by atoms with Gasteiger partial charge in [0.05, 0.1) is 18.6 Å². The highest BCUT2D eigenvalue weighted by Gasteiger charge is 2.39. The zero-order chi connectivity index (χ0) is 18.4. The zero-order valence-corrected chi connectivity index (χ0v) is 18.2. The third kappa shape index (κ3) is 5.74. The molecule has 0 aliphatic carbocycles. The van der Waals surface area contributed by atoms with Crippen molar-refractivity contribution in [2.24, 2.45) is 11.1 Å². The molecule has 2 fully saturated rings. The highest BCUT2D eigenvalue weighted by Crippen LogP contribution is 2.31. The zero-order valence-electron chi connectivity index (χ0n) is 16.5. The number of benzene rings is 1. The second kappa shape index (κ2) is 11.8. The van der Waals surface area contributed by atoms with Gasteiger partial charge in [0.25, 0.3) is 0 Å². The minimum absolute atomic E-state index is 0. The number of halogens is 2. The van der Waals surface area contributed by atoms with Gasteiger partial charge >= 0.3 is 0 Å². The lowest BCUT2D eigenvalue weighted by molar-refractivity contribution is -0.136. The second-order valence-electron chi connectivity index (χ2n) is 7.34. The largest absolute Gasteiger partial charge is 0.497 e. The molecule has 8 heteroatoms. The van der Waals surface area contributed by atoms with Gasteiger partial charge in [-0.15, -0.1) is 24.8 Å². The summed E-state index contributed by atoms with van der Waals surface area (Å²) in [5, 5.41) is 3.20. The summed E-state index contributed by atoms with van der Waals surface area (Å²) < 4.78 is 10.7. The number of nitrogens with zero attached hydrogens (tertiary/aromatic N) is 1. The minimum atomic E-state index is -0.478. The molecule has 3 N–H and O–H groups in total. The fraction of sp³-hybridized carbons (Fsp3) is 0.650. The Balaban J connectivity index is 0.00000196. The number of amides is 1. The first-order valence-electron chi connectivity index (χ1n) is 9.63. The number of carbonyl (C=O) groups is 1. The van der Waals surface area contributed by atoms with Crippen LogP contribution in [0.15, 0.2) is 24.3 Å². The van der Waals surface area contributed by atoms with Crippen molar-refractivity contribution in [1.29, 1.82) is 0 Å². The van der Waals surface area contributed by atoms with E-state index in [4.69, 9.17) is 15.2 Å². The molecule has 0 radical (unpaired) electrons. The van der Waals surface area contributed by atoms with E-state index in [2.05, 4.69) is 22.3 Å². The first-order chi connectivity index (χ1) is 12.7. The van der Waals surface area contributed by atoms with Gasteiger partial charge in [-0.25, -0.2) is 0 Å². The van der Waals surface area contributed by atoms with Gasteiger partial charge in [-0.1, -0.05) is 12.1 Å². The van der Waals surface area contributed by atoms with Gasteiger partial charge in [-0.05, 0) is 56.5 Å². The van der Waals surface area contributed by atoms with Gasteiger partial charge in [0.1, 0.15) is 5.75 Å². The third-order valence-corrected chi connectivity index (χ3v) is 5.86. The normalized spacial score (nSPS) is 19.8. The molecule has 1 aromatic carbocycles. The van der Waals surface area contributed by atoms with Gasteiger partial charge < -0.3 is 20.5 Å². The lowest BCUT2D eigenvalue weighted by Gasteiger charge is -2.36. The molecule has 0 saturated carbocycles. The molecule has 2 aliphatic heterocycles. The Hall–Kier alpha value is -1.05. The molecular weight excluding hydrogens is 401 g/mol. The average molecular weight is 434 g/mol. The number of carbonyl (C=O) groups excluding carboxylic acids is 1. The van der Waals surface area contributed by atoms with Crippen LogP contribution >= 0.6 is 24.8 Å². The van der Waals surface area contributed by atoms with Gasteiger partial charge in [-0.2, -0.15) is 0 Å². The van der Waals surface area contributed by atoms with Gasteiger partial charge in [0.2, 0.25) is 5.91 Å². The Morgan fingerprint density at radius 1 is 1.21 bits per heavy atom. The van der Waals surface area contributed by atoms with Crippen molar-refractivity contribution in [3.05, 3.63) is 29.8 Å². The second-order valence-corrected chi connectivity index (χ2v) is 7.34. The van der Waals surface area contributed by atoms with Crippen LogP contribution in [0.1, 0.15) is 37.3 Å². The predicted octanol–water partition coefficient (Wildman–Crippen LogP) is 2.55. The van der Waals surface area contributed by atoms with Crippen molar-refractivity contribution in [2.75, 3.05) is 46.5 Å². The van der Waals surface area contributed by atoms with Crippen molar-refractivity contribution >= 4 is 30.7 Å². The Morgan fingerprint density at radius 3 is 2.36 bits per heavy atom. The van der Waals surface area contributed by atoms with Crippen molar-refractivity contribution in [3.8, 4) is 5.75 Å². The number of hydrogen-bond acceptors (Lipinski definition) is 5. The van der Waals surface area contributed by atoms with Crippen LogP contribution in [0.25, 0.3) is 0 Å². The van der Waals surface area contributed by atoms with Crippen LogP contribution in [0.4, 0.5) is 0 Å². The molecule has 1 atom stereocenters. The van der Waals surface area contributed by atoms with E-state index in [0.717, 1.165) is 18.8 Å². The summed E-state index contributed by atoms with van der Waals surface area (Å²) in [4.78, 5) is 15.4. The van der Waals surface area contributed by atoms with Crippen LogP contribution in [-0.4, -0.2) is 57.3 Å². The topological polar surface area (TPSA) is 76.8 Å². The van der Waals surface area contributed by atoms with Crippen LogP contribution in [0, 0.1) is 5.41 Å². The molecule has 0 bridgehead atoms. The molecule has 28 heavy (non-hydrogen) atoms. The lowest BCUT2D eigenvalue weighted by Crippen LogP contribution is -2.50. The van der Waals surface area contributed by atoms with Crippen LogP contribution < -0.4 is 15.8 Å². The molecule has 3 rings (SSSR count). The summed E-state index contributed by atoms with van der Waals surface area (Å²) in [6.07, 6.45) is 3.83. The average Bonchev–Trinajstić information content (AvgIpc) is 3.23. The van der Waals surface area contributed by atoms with Crippen LogP contribution in [-0.2, 0) is 9.53 Å². The Kier molecular flexibility index (Phi) is 10.6. The highest BCUT2D eigenvalue weighted by atomic mass is 35.5. The number of ether oxygens (including phenoxy) is 2. The SMILES string of the molecule is COc1ccc(C(CNC(=O)C2(CN)CCOCC2)N2CCCC2)cc1.Cl.Cl. The van der Waals surface area contributed by atoms with E-state index in [1.165, 1.54) is 18.4 Å². The third-order valence-electron chi connectivity index (χ3n) is 5.86. The molecule has 2 heterocycles. The van der Waals surface area contributed by atoms with Crippen LogP contribution in [0.2, 0.25) is 0 Å². The van der Waals surface area contributed by atoms with E-state index >= 15 is 0 Å². The highest BCUT2D eigenvalue weighted by molar-refractivity contribution is 5.85. The van der Waals surface area contributed by atoms with Crippen LogP contribution in [0.3, 0.4) is 0 Å². The first kappa shape index (κ1) is 25.0. The molecule has 6 nitrogen and oxygen atoms in total. The smallest absolute Gasteiger partial charge is 0.227 e. The van der Waals surface area contributed by atoms with Crippen molar-refractivity contribution in [3.63, 3.8) is 0 Å². The first-order valence-corrected chi connectivity index (χ1v) is 9.63. The van der Waals surface area contributed by atoms with Gasteiger partial charge in [-0.3, -0.25) is 9.69 Å². The molecule has 1 aromatic rings. The summed E-state index contributed by atoms with van der Waals surface area (Å²) in [6.45, 7) is 4.34. The maximum atomic E-state index is 12.9. The Labute approximate surface area is 180 Å². The summed E-state index contributed by atoms with van der Waals surface area (Å²) in [6, 6.07) is 8.35. The molecule has 0 aromatic heterocycles. The van der Waals surface area contributed by atoms with Crippen molar-refractivity contribution in [2.45, 2.75) is 31.7 Å². The van der Waals surface area contributed by atoms with E-state index in [1.807, 2.05) is 12.1 Å². The maximum absolute atomic E-state index is 12.9. The molecule has 160 valence electrons. The molecule has 0 spiro atoms. The quantitative estimate of drug-likeness (QED) is 0.690. The van der Waals surface area contributed by atoms with Gasteiger partial charge in [0, 0.05) is 26.3 Å². The number of methoxy groups -OCH3 is 1. The van der Waals surface area contributed by atoms with Crippen molar-refractivity contribution in [1.82, 2.24) is 10.2 Å². The van der Waals surface area contributed by atoms with Crippen molar-refractivity contribution < 1.29 is 14.3 Å². The molecule has 2 aliphatic rings. The number of hydrogen-bond donors (Lipinski definition) is 2. The minimum Gasteiger partial charge on any atom is -0.497 e. The molecule has 1 unspecified atom stereocenters. The lowest BCUT2D eigenvalue weighted by atomic mass is 9.79. The Bertz CT molecular complexity index is 589. The molecule has 2 saturated heterocycles. The van der Waals surface area contributed by atoms with Gasteiger partial charge in [0.15, 0.2) is 0 Å². The summed E-state index contributed by atoms with van der Waals surface area (Å²) in [5.41, 5.74) is 6.70. The number of nitrogens with two attached hydrogens (primary N) is 1. The summed E-state index contributed by atoms with van der Waals surface area (Å²) >= 11 is 0. The fourth-order valence-corrected chi connectivity index (χ4v) is 4.00. The Morgan fingerprint density at radius 2 is 1.82 bits per heavy atom. The molecular formula is C20H33Cl2N3O3. The number of rotatable bonds is 7. The van der Waals surface area contributed by atoms with E-state index in [1.54, 1.807) is 7.11 Å². The predicted molar refractivity (Wildman–Crippen MR) is 116 cm³/mol. The summed E-state index contributed by atoms with van der Waals surface area (Å²) in [5.74, 6) is 0.920. The maximum Gasteiger partial charge on any atom is 0.227 e. The van der Waals surface area contributed by atoms with Crippen LogP contribution in [0.5, 0.6) is 5.75 Å². The molecule has 1 amide bonds. The van der Waals surface area contributed by atoms with E-state index < -0.39 is 5.41 Å². The monoisotopic (exact) mass is 433 g/mol. The summed E-state index contributed by atoms with van der Waals surface area (Å²) in [7, 11) is 1.67.